The molecule has 0 aliphatic rings. The molecular weight excluding hydrogens is 382 g/mol. The van der Waals surface area contributed by atoms with Crippen molar-refractivity contribution in [2.75, 3.05) is 6.54 Å². The van der Waals surface area contributed by atoms with Crippen LogP contribution in [-0.2, 0) is 0 Å². The first-order chi connectivity index (χ1) is 15.3. The average Bonchev–Trinajstić information content (AvgIpc) is 2.83. The number of unbranched alkanes of at least 4 members (excludes halogenated alkanes) is 3. The molecule has 4 rings (SSSR count). The summed E-state index contributed by atoms with van der Waals surface area (Å²) >= 11 is 0. The monoisotopic (exact) mass is 409 g/mol. The Balaban J connectivity index is 1.69. The highest BCUT2D eigenvalue weighted by atomic mass is 16.1. The molecule has 0 aliphatic carbocycles. The van der Waals surface area contributed by atoms with Crippen LogP contribution in [0.2, 0.25) is 0 Å². The van der Waals surface area contributed by atoms with E-state index < -0.39 is 0 Å². The normalized spacial score (nSPS) is 10.9. The van der Waals surface area contributed by atoms with E-state index in [1.54, 1.807) is 0 Å². The summed E-state index contributed by atoms with van der Waals surface area (Å²) in [6.45, 7) is 2.88. The number of hydrogen-bond donors (Lipinski definition) is 1. The molecule has 4 aromatic rings. The third kappa shape index (κ3) is 4.97. The SMILES string of the molecule is CCCCCCNC(=O)c1ccc2nc(-c3ccccc3)c(-c3ccccc3)nc2c1. The molecule has 156 valence electrons. The van der Waals surface area contributed by atoms with Gasteiger partial charge in [0.15, 0.2) is 0 Å². The molecule has 0 aliphatic heterocycles. The van der Waals surface area contributed by atoms with Crippen molar-refractivity contribution in [3.8, 4) is 22.5 Å². The first-order valence-electron chi connectivity index (χ1n) is 11.0. The van der Waals surface area contributed by atoms with Gasteiger partial charge in [-0.3, -0.25) is 4.79 Å². The Morgan fingerprint density at radius 1 is 0.742 bits per heavy atom. The predicted molar refractivity (Wildman–Crippen MR) is 127 cm³/mol. The lowest BCUT2D eigenvalue weighted by Crippen LogP contribution is -2.24. The van der Waals surface area contributed by atoms with Gasteiger partial charge in [0.2, 0.25) is 0 Å². The molecule has 0 fully saturated rings. The second kappa shape index (κ2) is 9.98. The summed E-state index contributed by atoms with van der Waals surface area (Å²) in [5.74, 6) is -0.0615. The van der Waals surface area contributed by atoms with Gasteiger partial charge in [-0.15, -0.1) is 0 Å². The van der Waals surface area contributed by atoms with Crippen molar-refractivity contribution in [3.05, 3.63) is 84.4 Å². The van der Waals surface area contributed by atoms with Crippen LogP contribution in [-0.4, -0.2) is 22.4 Å². The molecule has 0 radical (unpaired) electrons. The van der Waals surface area contributed by atoms with Crippen molar-refractivity contribution in [1.29, 1.82) is 0 Å². The van der Waals surface area contributed by atoms with Crippen molar-refractivity contribution < 1.29 is 4.79 Å². The number of nitrogens with one attached hydrogen (secondary N) is 1. The summed E-state index contributed by atoms with van der Waals surface area (Å²) in [5.41, 5.74) is 5.79. The summed E-state index contributed by atoms with van der Waals surface area (Å²) in [6, 6.07) is 25.7. The zero-order chi connectivity index (χ0) is 21.5. The molecule has 0 spiro atoms. The molecule has 0 saturated carbocycles. The van der Waals surface area contributed by atoms with E-state index in [9.17, 15) is 4.79 Å². The third-order valence-electron chi connectivity index (χ3n) is 5.34. The molecular formula is C27H27N3O. The third-order valence-corrected chi connectivity index (χ3v) is 5.34. The van der Waals surface area contributed by atoms with Crippen LogP contribution in [0.25, 0.3) is 33.5 Å². The number of carbonyl (C=O) groups excluding carboxylic acids is 1. The smallest absolute Gasteiger partial charge is 0.251 e. The lowest BCUT2D eigenvalue weighted by molar-refractivity contribution is 0.0953. The molecule has 31 heavy (non-hydrogen) atoms. The maximum absolute atomic E-state index is 12.6. The lowest BCUT2D eigenvalue weighted by atomic mass is 10.0. The number of amides is 1. The van der Waals surface area contributed by atoms with Gasteiger partial charge in [0.25, 0.3) is 5.91 Å². The van der Waals surface area contributed by atoms with Gasteiger partial charge in [-0.25, -0.2) is 9.97 Å². The first-order valence-corrected chi connectivity index (χ1v) is 11.0. The molecule has 1 N–H and O–H groups in total. The maximum atomic E-state index is 12.6. The summed E-state index contributed by atoms with van der Waals surface area (Å²) in [5, 5.41) is 3.02. The Morgan fingerprint density at radius 2 is 1.35 bits per heavy atom. The van der Waals surface area contributed by atoms with Crippen molar-refractivity contribution in [3.63, 3.8) is 0 Å². The van der Waals surface area contributed by atoms with Gasteiger partial charge >= 0.3 is 0 Å². The maximum Gasteiger partial charge on any atom is 0.251 e. The number of hydrogen-bond acceptors (Lipinski definition) is 3. The van der Waals surface area contributed by atoms with E-state index in [0.29, 0.717) is 12.1 Å². The second-order valence-electron chi connectivity index (χ2n) is 7.67. The van der Waals surface area contributed by atoms with Gasteiger partial charge in [-0.05, 0) is 24.6 Å². The zero-order valence-corrected chi connectivity index (χ0v) is 17.8. The highest BCUT2D eigenvalue weighted by molar-refractivity contribution is 5.98. The Kier molecular flexibility index (Phi) is 6.68. The van der Waals surface area contributed by atoms with E-state index in [4.69, 9.17) is 9.97 Å². The molecule has 0 saturated heterocycles. The van der Waals surface area contributed by atoms with Crippen molar-refractivity contribution >= 4 is 16.9 Å². The summed E-state index contributed by atoms with van der Waals surface area (Å²) in [6.07, 6.45) is 4.54. The number of benzene rings is 3. The minimum absolute atomic E-state index is 0.0615. The number of rotatable bonds is 8. The van der Waals surface area contributed by atoms with E-state index in [-0.39, 0.29) is 5.91 Å². The molecule has 4 heteroatoms. The number of aromatic nitrogens is 2. The van der Waals surface area contributed by atoms with E-state index in [1.807, 2.05) is 78.9 Å². The summed E-state index contributed by atoms with van der Waals surface area (Å²) in [7, 11) is 0. The van der Waals surface area contributed by atoms with Gasteiger partial charge in [0.05, 0.1) is 22.4 Å². The number of nitrogens with zero attached hydrogens (tertiary/aromatic N) is 2. The Hall–Kier alpha value is -3.53. The first kappa shape index (κ1) is 20.7. The molecule has 3 aromatic carbocycles. The van der Waals surface area contributed by atoms with Crippen LogP contribution >= 0.6 is 0 Å². The Labute approximate surface area is 183 Å². The molecule has 1 heterocycles. The minimum atomic E-state index is -0.0615. The van der Waals surface area contributed by atoms with E-state index >= 15 is 0 Å². The number of fused-ring (bicyclic) bond motifs is 1. The fraction of sp³-hybridized carbons (Fsp3) is 0.222. The van der Waals surface area contributed by atoms with E-state index in [2.05, 4.69) is 12.2 Å². The highest BCUT2D eigenvalue weighted by Gasteiger charge is 2.14. The van der Waals surface area contributed by atoms with Crippen molar-refractivity contribution in [2.24, 2.45) is 0 Å². The summed E-state index contributed by atoms with van der Waals surface area (Å²) < 4.78 is 0. The average molecular weight is 410 g/mol. The highest BCUT2D eigenvalue weighted by Crippen LogP contribution is 2.31. The fourth-order valence-corrected chi connectivity index (χ4v) is 3.65. The Morgan fingerprint density at radius 3 is 1.97 bits per heavy atom. The standard InChI is InChI=1S/C27H27N3O/c1-2-3-4-11-18-28-27(31)22-16-17-23-24(19-22)30-26(21-14-9-6-10-15-21)25(29-23)20-12-7-5-8-13-20/h5-10,12-17,19H,2-4,11,18H2,1H3,(H,28,31). The topological polar surface area (TPSA) is 54.9 Å². The second-order valence-corrected chi connectivity index (χ2v) is 7.67. The van der Waals surface area contributed by atoms with Gasteiger partial charge in [0.1, 0.15) is 0 Å². The lowest BCUT2D eigenvalue weighted by Gasteiger charge is -2.11. The molecule has 0 atom stereocenters. The van der Waals surface area contributed by atoms with E-state index in [1.165, 1.54) is 12.8 Å². The quantitative estimate of drug-likeness (QED) is 0.349. The molecule has 1 aromatic heterocycles. The summed E-state index contributed by atoms with van der Waals surface area (Å²) in [4.78, 5) is 22.5. The van der Waals surface area contributed by atoms with Crippen LogP contribution in [0, 0.1) is 0 Å². The van der Waals surface area contributed by atoms with Gasteiger partial charge in [0, 0.05) is 23.2 Å². The number of carbonyl (C=O) groups is 1. The zero-order valence-electron chi connectivity index (χ0n) is 17.8. The van der Waals surface area contributed by atoms with Gasteiger partial charge < -0.3 is 5.32 Å². The van der Waals surface area contributed by atoms with Crippen LogP contribution in [0.15, 0.2) is 78.9 Å². The molecule has 1 amide bonds. The van der Waals surface area contributed by atoms with Crippen LogP contribution in [0.1, 0.15) is 43.0 Å². The van der Waals surface area contributed by atoms with Crippen LogP contribution in [0.4, 0.5) is 0 Å². The van der Waals surface area contributed by atoms with Gasteiger partial charge in [-0.2, -0.15) is 0 Å². The molecule has 0 unspecified atom stereocenters. The van der Waals surface area contributed by atoms with Gasteiger partial charge in [-0.1, -0.05) is 86.8 Å². The minimum Gasteiger partial charge on any atom is -0.352 e. The molecule has 4 nitrogen and oxygen atoms in total. The predicted octanol–water partition coefficient (Wildman–Crippen LogP) is 6.27. The van der Waals surface area contributed by atoms with Crippen LogP contribution in [0.5, 0.6) is 0 Å². The molecule has 0 bridgehead atoms. The largest absolute Gasteiger partial charge is 0.352 e. The van der Waals surface area contributed by atoms with Crippen molar-refractivity contribution in [2.45, 2.75) is 32.6 Å². The van der Waals surface area contributed by atoms with Crippen LogP contribution in [0.3, 0.4) is 0 Å². The Bertz CT molecular complexity index is 1160. The van der Waals surface area contributed by atoms with Crippen LogP contribution < -0.4 is 5.32 Å². The van der Waals surface area contributed by atoms with E-state index in [0.717, 1.165) is 46.4 Å². The fourth-order valence-electron chi connectivity index (χ4n) is 3.65. The van der Waals surface area contributed by atoms with Crippen molar-refractivity contribution in [1.82, 2.24) is 15.3 Å².